The van der Waals surface area contributed by atoms with Crippen LogP contribution in [0.1, 0.15) is 23.9 Å². The maximum atomic E-state index is 13.4. The molecule has 4 heteroatoms. The van der Waals surface area contributed by atoms with Gasteiger partial charge in [-0.25, -0.2) is 8.78 Å². The molecule has 0 N–H and O–H groups in total. The van der Waals surface area contributed by atoms with Crippen LogP contribution >= 0.6 is 0 Å². The van der Waals surface area contributed by atoms with Gasteiger partial charge in [0, 0.05) is 12.0 Å². The summed E-state index contributed by atoms with van der Waals surface area (Å²) in [6.07, 6.45) is 2.66. The number of aryl methyl sites for hydroxylation is 1. The molecule has 1 aromatic rings. The van der Waals surface area contributed by atoms with Crippen molar-refractivity contribution in [3.8, 4) is 0 Å². The van der Waals surface area contributed by atoms with Gasteiger partial charge in [0.1, 0.15) is 18.3 Å². The molecule has 0 amide bonds. The molecule has 0 fully saturated rings. The van der Waals surface area contributed by atoms with E-state index in [1.165, 1.54) is 0 Å². The molecule has 0 bridgehead atoms. The molecule has 0 radical (unpaired) electrons. The summed E-state index contributed by atoms with van der Waals surface area (Å²) >= 11 is 0. The lowest BCUT2D eigenvalue weighted by molar-refractivity contribution is 0.391. The van der Waals surface area contributed by atoms with Crippen LogP contribution in [-0.4, -0.2) is 11.8 Å². The highest BCUT2D eigenvalue weighted by molar-refractivity contribution is 5.27. The quantitative estimate of drug-likeness (QED) is 0.734. The summed E-state index contributed by atoms with van der Waals surface area (Å²) in [7, 11) is 0. The number of rotatable bonds is 4. The van der Waals surface area contributed by atoms with Crippen molar-refractivity contribution < 1.29 is 13.3 Å². The predicted octanol–water partition coefficient (Wildman–Crippen LogP) is 3.60. The van der Waals surface area contributed by atoms with E-state index in [0.717, 1.165) is 29.2 Å². The summed E-state index contributed by atoms with van der Waals surface area (Å²) < 4.78 is 30.2. The number of hydrogen-bond acceptors (Lipinski definition) is 2. The Labute approximate surface area is 93.6 Å². The van der Waals surface area contributed by atoms with Crippen molar-refractivity contribution >= 4 is 0 Å². The first kappa shape index (κ1) is 12.6. The zero-order valence-corrected chi connectivity index (χ0v) is 9.68. The Bertz CT molecular complexity index is 419. The summed E-state index contributed by atoms with van der Waals surface area (Å²) in [4.78, 5) is 0. The van der Waals surface area contributed by atoms with Gasteiger partial charge in [-0.15, -0.1) is 0 Å². The van der Waals surface area contributed by atoms with Gasteiger partial charge in [-0.2, -0.15) is 0 Å². The second-order valence-electron chi connectivity index (χ2n) is 3.67. The molecule has 1 rings (SSSR count). The van der Waals surface area contributed by atoms with Crippen molar-refractivity contribution in [3.05, 3.63) is 40.6 Å². The van der Waals surface area contributed by atoms with E-state index >= 15 is 0 Å². The minimum Gasteiger partial charge on any atom is -0.361 e. The Morgan fingerprint density at radius 1 is 1.44 bits per heavy atom. The Morgan fingerprint density at radius 3 is 2.62 bits per heavy atom. The topological polar surface area (TPSA) is 26.0 Å². The van der Waals surface area contributed by atoms with Gasteiger partial charge in [0.05, 0.1) is 5.69 Å². The second kappa shape index (κ2) is 5.58. The molecule has 0 aliphatic heterocycles. The third-order valence-corrected chi connectivity index (χ3v) is 2.45. The van der Waals surface area contributed by atoms with E-state index in [2.05, 4.69) is 5.16 Å². The first-order chi connectivity index (χ1) is 7.56. The standard InChI is InChI=1S/C12H15F2NO/c1-8(11(14)5-4-6-13)7-12-9(2)10(3)16-15-12/h4-5H,6-7H2,1-3H3/b5-4-,11-8+. The van der Waals surface area contributed by atoms with E-state index in [-0.39, 0.29) is 0 Å². The zero-order chi connectivity index (χ0) is 12.1. The highest BCUT2D eigenvalue weighted by Crippen LogP contribution is 2.18. The Hall–Kier alpha value is -1.45. The molecule has 0 aliphatic carbocycles. The lowest BCUT2D eigenvalue weighted by atomic mass is 10.1. The fourth-order valence-corrected chi connectivity index (χ4v) is 1.25. The van der Waals surface area contributed by atoms with Crippen molar-refractivity contribution in [1.82, 2.24) is 5.16 Å². The van der Waals surface area contributed by atoms with E-state index in [0.29, 0.717) is 12.0 Å². The van der Waals surface area contributed by atoms with Crippen LogP contribution in [0.3, 0.4) is 0 Å². The lowest BCUT2D eigenvalue weighted by Gasteiger charge is -1.99. The molecule has 0 atom stereocenters. The van der Waals surface area contributed by atoms with Crippen LogP contribution < -0.4 is 0 Å². The molecular weight excluding hydrogens is 212 g/mol. The number of hydrogen-bond donors (Lipinski definition) is 0. The van der Waals surface area contributed by atoms with E-state index in [4.69, 9.17) is 4.52 Å². The lowest BCUT2D eigenvalue weighted by Crippen LogP contribution is -1.92. The Balaban J connectivity index is 2.81. The van der Waals surface area contributed by atoms with Crippen molar-refractivity contribution in [2.45, 2.75) is 27.2 Å². The molecule has 0 spiro atoms. The number of allylic oxidation sites excluding steroid dienone is 4. The van der Waals surface area contributed by atoms with Crippen LogP contribution in [0.5, 0.6) is 0 Å². The average Bonchev–Trinajstić information content (AvgIpc) is 2.57. The van der Waals surface area contributed by atoms with Gasteiger partial charge in [0.15, 0.2) is 0 Å². The summed E-state index contributed by atoms with van der Waals surface area (Å²) in [6.45, 7) is 4.68. The minimum atomic E-state index is -0.664. The molecule has 0 unspecified atom stereocenters. The van der Waals surface area contributed by atoms with Crippen LogP contribution in [0.15, 0.2) is 28.1 Å². The second-order valence-corrected chi connectivity index (χ2v) is 3.67. The number of halogens is 2. The molecule has 0 aromatic carbocycles. The highest BCUT2D eigenvalue weighted by Gasteiger charge is 2.10. The molecule has 88 valence electrons. The van der Waals surface area contributed by atoms with Crippen LogP contribution in [0.2, 0.25) is 0 Å². The smallest absolute Gasteiger partial charge is 0.136 e. The number of alkyl halides is 1. The maximum Gasteiger partial charge on any atom is 0.136 e. The summed E-state index contributed by atoms with van der Waals surface area (Å²) in [6, 6.07) is 0. The zero-order valence-electron chi connectivity index (χ0n) is 9.68. The number of aromatic nitrogens is 1. The predicted molar refractivity (Wildman–Crippen MR) is 58.6 cm³/mol. The van der Waals surface area contributed by atoms with Crippen molar-refractivity contribution in [2.75, 3.05) is 6.67 Å². The fraction of sp³-hybridized carbons (Fsp3) is 0.417. The molecule has 1 aromatic heterocycles. The monoisotopic (exact) mass is 227 g/mol. The van der Waals surface area contributed by atoms with Crippen molar-refractivity contribution in [3.63, 3.8) is 0 Å². The van der Waals surface area contributed by atoms with Gasteiger partial charge in [-0.05, 0) is 32.4 Å². The van der Waals surface area contributed by atoms with Gasteiger partial charge in [0.25, 0.3) is 0 Å². The largest absolute Gasteiger partial charge is 0.361 e. The van der Waals surface area contributed by atoms with Gasteiger partial charge in [0.2, 0.25) is 0 Å². The Kier molecular flexibility index (Phi) is 4.40. The van der Waals surface area contributed by atoms with Crippen LogP contribution in [0.25, 0.3) is 0 Å². The maximum absolute atomic E-state index is 13.4. The minimum absolute atomic E-state index is 0.381. The highest BCUT2D eigenvalue weighted by atomic mass is 19.1. The summed E-state index contributed by atoms with van der Waals surface area (Å²) in [5.74, 6) is 0.320. The molecule has 16 heavy (non-hydrogen) atoms. The summed E-state index contributed by atoms with van der Waals surface area (Å²) in [5, 5.41) is 3.84. The number of nitrogens with zero attached hydrogens (tertiary/aromatic N) is 1. The summed E-state index contributed by atoms with van der Waals surface area (Å²) in [5.41, 5.74) is 2.17. The van der Waals surface area contributed by atoms with Crippen LogP contribution in [0.4, 0.5) is 8.78 Å². The molecule has 2 nitrogen and oxygen atoms in total. The Morgan fingerprint density at radius 2 is 2.12 bits per heavy atom. The molecule has 0 saturated carbocycles. The van der Waals surface area contributed by atoms with Gasteiger partial charge in [-0.3, -0.25) is 0 Å². The third-order valence-electron chi connectivity index (χ3n) is 2.45. The van der Waals surface area contributed by atoms with Gasteiger partial charge >= 0.3 is 0 Å². The first-order valence-corrected chi connectivity index (χ1v) is 5.05. The fourth-order valence-electron chi connectivity index (χ4n) is 1.25. The van der Waals surface area contributed by atoms with Gasteiger partial charge < -0.3 is 4.52 Å². The SMILES string of the molecule is C/C(Cc1noc(C)c1C)=C(F)/C=C\CF. The first-order valence-electron chi connectivity index (χ1n) is 5.05. The average molecular weight is 227 g/mol. The van der Waals surface area contributed by atoms with E-state index in [9.17, 15) is 8.78 Å². The molecule has 1 heterocycles. The van der Waals surface area contributed by atoms with Gasteiger partial charge in [-0.1, -0.05) is 11.2 Å². The van der Waals surface area contributed by atoms with Crippen LogP contribution in [0, 0.1) is 13.8 Å². The molecule has 0 saturated heterocycles. The third kappa shape index (κ3) is 3.02. The van der Waals surface area contributed by atoms with E-state index in [1.807, 2.05) is 13.8 Å². The normalized spacial score (nSPS) is 13.3. The van der Waals surface area contributed by atoms with E-state index < -0.39 is 12.5 Å². The van der Waals surface area contributed by atoms with Crippen molar-refractivity contribution in [1.29, 1.82) is 0 Å². The molecule has 0 aliphatic rings. The van der Waals surface area contributed by atoms with E-state index in [1.54, 1.807) is 6.92 Å². The van der Waals surface area contributed by atoms with Crippen molar-refractivity contribution in [2.24, 2.45) is 0 Å². The van der Waals surface area contributed by atoms with Crippen LogP contribution in [-0.2, 0) is 6.42 Å². The molecular formula is C12H15F2NO.